The summed E-state index contributed by atoms with van der Waals surface area (Å²) in [7, 11) is 0. The number of carbonyl (C=O) groups is 1. The summed E-state index contributed by atoms with van der Waals surface area (Å²) < 4.78 is 18.6. The fourth-order valence-electron chi connectivity index (χ4n) is 2.39. The van der Waals surface area contributed by atoms with E-state index in [1.807, 2.05) is 6.92 Å². The predicted molar refractivity (Wildman–Crippen MR) is 87.3 cm³/mol. The maximum Gasteiger partial charge on any atom is 0.344 e. The molecule has 1 fully saturated rings. The average molecular weight is 353 g/mol. The molecule has 0 spiro atoms. The van der Waals surface area contributed by atoms with Crippen LogP contribution in [-0.4, -0.2) is 30.0 Å². The lowest BCUT2D eigenvalue weighted by molar-refractivity contribution is -0.140. The van der Waals surface area contributed by atoms with E-state index in [0.717, 1.165) is 19.4 Å². The van der Waals surface area contributed by atoms with Crippen LogP contribution in [-0.2, 0) is 9.53 Å². The van der Waals surface area contributed by atoms with E-state index in [-0.39, 0.29) is 23.1 Å². The van der Waals surface area contributed by atoms with Gasteiger partial charge in [-0.15, -0.1) is 11.6 Å². The van der Waals surface area contributed by atoms with Gasteiger partial charge in [0.1, 0.15) is 5.57 Å². The van der Waals surface area contributed by atoms with E-state index in [2.05, 4.69) is 12.2 Å². The second kappa shape index (κ2) is 8.18. The lowest BCUT2D eigenvalue weighted by Crippen LogP contribution is -2.44. The van der Waals surface area contributed by atoms with Gasteiger partial charge in [-0.3, -0.25) is 0 Å². The zero-order chi connectivity index (χ0) is 16.9. The van der Waals surface area contributed by atoms with Crippen LogP contribution in [0.4, 0.5) is 4.39 Å². The number of hydrogen-bond donors (Lipinski definition) is 2. The van der Waals surface area contributed by atoms with Crippen LogP contribution >= 0.6 is 23.2 Å². The molecule has 126 valence electrons. The summed E-state index contributed by atoms with van der Waals surface area (Å²) >= 11 is 11.6. The minimum atomic E-state index is -1.18. The SMILES string of the molecule is CC(Cl)/C=C(Cl)\C(C(=O)OCC(C)C1(C)CCCN1)=C(/N)F. The predicted octanol–water partition coefficient (Wildman–Crippen LogP) is 3.20. The number of carbonyl (C=O) groups excluding carboxylic acids is 1. The van der Waals surface area contributed by atoms with Gasteiger partial charge in [0.2, 0.25) is 5.95 Å². The Balaban J connectivity index is 2.71. The minimum absolute atomic E-state index is 0.0794. The molecule has 0 radical (unpaired) electrons. The molecule has 1 heterocycles. The fourth-order valence-corrected chi connectivity index (χ4v) is 2.94. The molecular formula is C15H23Cl2FN2O2. The molecule has 0 saturated carbocycles. The van der Waals surface area contributed by atoms with Gasteiger partial charge < -0.3 is 15.8 Å². The van der Waals surface area contributed by atoms with E-state index in [1.165, 1.54) is 6.08 Å². The van der Waals surface area contributed by atoms with Gasteiger partial charge in [0.15, 0.2) is 0 Å². The number of ether oxygens (including phenoxy) is 1. The zero-order valence-electron chi connectivity index (χ0n) is 13.1. The highest BCUT2D eigenvalue weighted by atomic mass is 35.5. The molecular weight excluding hydrogens is 330 g/mol. The van der Waals surface area contributed by atoms with Gasteiger partial charge in [-0.2, -0.15) is 4.39 Å². The number of esters is 1. The topological polar surface area (TPSA) is 64.3 Å². The molecule has 3 N–H and O–H groups in total. The highest BCUT2D eigenvalue weighted by Crippen LogP contribution is 2.28. The fraction of sp³-hybridized carbons (Fsp3) is 0.667. The molecule has 1 rings (SSSR count). The third kappa shape index (κ3) is 5.14. The standard InChI is InChI=1S/C15H23Cl2FN2O2/c1-9(15(3)5-4-6-20-15)8-22-14(21)12(13(18)19)11(17)7-10(2)16/h7,9-10,20H,4-6,8,19H2,1-3H3/b11-7+,13-12+. The van der Waals surface area contributed by atoms with Crippen LogP contribution in [0.25, 0.3) is 0 Å². The third-order valence-corrected chi connectivity index (χ3v) is 4.45. The van der Waals surface area contributed by atoms with Crippen LogP contribution in [0.3, 0.4) is 0 Å². The molecule has 0 aromatic heterocycles. The summed E-state index contributed by atoms with van der Waals surface area (Å²) in [5.74, 6) is -1.98. The number of halogens is 3. The van der Waals surface area contributed by atoms with Crippen molar-refractivity contribution in [2.24, 2.45) is 11.7 Å². The molecule has 22 heavy (non-hydrogen) atoms. The van der Waals surface area contributed by atoms with Crippen LogP contribution in [0.2, 0.25) is 0 Å². The van der Waals surface area contributed by atoms with Crippen LogP contribution in [0.1, 0.15) is 33.6 Å². The molecule has 0 aromatic carbocycles. The number of hydrogen-bond acceptors (Lipinski definition) is 4. The minimum Gasteiger partial charge on any atom is -0.462 e. The lowest BCUT2D eigenvalue weighted by Gasteiger charge is -2.31. The van der Waals surface area contributed by atoms with E-state index in [0.29, 0.717) is 0 Å². The Labute approximate surface area is 140 Å². The normalized spacial score (nSPS) is 26.4. The largest absolute Gasteiger partial charge is 0.462 e. The Morgan fingerprint density at radius 1 is 1.55 bits per heavy atom. The van der Waals surface area contributed by atoms with Crippen LogP contribution in [0.5, 0.6) is 0 Å². The van der Waals surface area contributed by atoms with E-state index in [9.17, 15) is 9.18 Å². The monoisotopic (exact) mass is 352 g/mol. The zero-order valence-corrected chi connectivity index (χ0v) is 14.6. The molecule has 1 aliphatic rings. The molecule has 1 saturated heterocycles. The van der Waals surface area contributed by atoms with Crippen molar-refractivity contribution in [3.63, 3.8) is 0 Å². The maximum absolute atomic E-state index is 13.4. The summed E-state index contributed by atoms with van der Waals surface area (Å²) in [6, 6.07) is 0. The third-order valence-electron chi connectivity index (χ3n) is 4.01. The first kappa shape index (κ1) is 19.3. The Bertz CT molecular complexity index is 468. The molecule has 0 aromatic rings. The molecule has 0 aliphatic carbocycles. The van der Waals surface area contributed by atoms with Crippen molar-refractivity contribution in [1.29, 1.82) is 0 Å². The van der Waals surface area contributed by atoms with Gasteiger partial charge >= 0.3 is 5.97 Å². The van der Waals surface area contributed by atoms with Crippen molar-refractivity contribution in [3.8, 4) is 0 Å². The van der Waals surface area contributed by atoms with Crippen LogP contribution < -0.4 is 11.1 Å². The maximum atomic E-state index is 13.4. The van der Waals surface area contributed by atoms with Gasteiger partial charge in [-0.25, -0.2) is 4.79 Å². The molecule has 0 bridgehead atoms. The summed E-state index contributed by atoms with van der Waals surface area (Å²) in [5, 5.41) is 2.79. The first-order valence-electron chi connectivity index (χ1n) is 7.26. The molecule has 1 aliphatic heterocycles. The van der Waals surface area contributed by atoms with Gasteiger partial charge in [0.05, 0.1) is 17.0 Å². The number of nitrogens with two attached hydrogens (primary N) is 1. The Morgan fingerprint density at radius 3 is 2.64 bits per heavy atom. The highest BCUT2D eigenvalue weighted by Gasteiger charge is 2.35. The van der Waals surface area contributed by atoms with Crippen LogP contribution in [0.15, 0.2) is 22.6 Å². The Hall–Kier alpha value is -0.780. The van der Waals surface area contributed by atoms with Gasteiger partial charge in [0.25, 0.3) is 0 Å². The second-order valence-corrected chi connectivity index (χ2v) is 6.96. The van der Waals surface area contributed by atoms with Crippen molar-refractivity contribution < 1.29 is 13.9 Å². The van der Waals surface area contributed by atoms with Crippen molar-refractivity contribution in [2.45, 2.75) is 44.5 Å². The molecule has 3 unspecified atom stereocenters. The molecule has 3 atom stereocenters. The van der Waals surface area contributed by atoms with Gasteiger partial charge in [-0.05, 0) is 39.3 Å². The Morgan fingerprint density at radius 2 is 2.18 bits per heavy atom. The first-order chi connectivity index (χ1) is 10.2. The highest BCUT2D eigenvalue weighted by molar-refractivity contribution is 6.35. The van der Waals surface area contributed by atoms with Crippen molar-refractivity contribution in [3.05, 3.63) is 22.6 Å². The summed E-state index contributed by atoms with van der Waals surface area (Å²) in [6.45, 7) is 6.79. The average Bonchev–Trinajstić information content (AvgIpc) is 2.83. The summed E-state index contributed by atoms with van der Waals surface area (Å²) in [5.41, 5.74) is 4.53. The van der Waals surface area contributed by atoms with Gasteiger partial charge in [0, 0.05) is 11.5 Å². The van der Waals surface area contributed by atoms with Crippen molar-refractivity contribution in [1.82, 2.24) is 5.32 Å². The van der Waals surface area contributed by atoms with E-state index < -0.39 is 22.9 Å². The molecule has 4 nitrogen and oxygen atoms in total. The van der Waals surface area contributed by atoms with E-state index in [4.69, 9.17) is 33.7 Å². The molecule has 0 amide bonds. The second-order valence-electron chi connectivity index (χ2n) is 5.86. The molecule has 7 heteroatoms. The van der Waals surface area contributed by atoms with Gasteiger partial charge in [-0.1, -0.05) is 18.5 Å². The lowest BCUT2D eigenvalue weighted by atomic mass is 9.86. The van der Waals surface area contributed by atoms with Crippen molar-refractivity contribution >= 4 is 29.2 Å². The summed E-state index contributed by atoms with van der Waals surface area (Å²) in [6.07, 6.45) is 3.42. The number of rotatable bonds is 6. The first-order valence-corrected chi connectivity index (χ1v) is 8.08. The number of nitrogens with one attached hydrogen (secondary N) is 1. The van der Waals surface area contributed by atoms with Crippen molar-refractivity contribution in [2.75, 3.05) is 13.2 Å². The Kier molecular flexibility index (Phi) is 7.16. The summed E-state index contributed by atoms with van der Waals surface area (Å²) in [4.78, 5) is 12.0. The number of allylic oxidation sites excluding steroid dienone is 1. The van der Waals surface area contributed by atoms with Crippen LogP contribution in [0, 0.1) is 5.92 Å². The van der Waals surface area contributed by atoms with E-state index >= 15 is 0 Å². The smallest absolute Gasteiger partial charge is 0.344 e. The quantitative estimate of drug-likeness (QED) is 0.253. The number of alkyl halides is 1. The van der Waals surface area contributed by atoms with E-state index in [1.54, 1.807) is 6.92 Å².